The smallest absolute Gasteiger partial charge is 0.127 e. The number of benzene rings is 2. The van der Waals surface area contributed by atoms with Gasteiger partial charge in [-0.2, -0.15) is 0 Å². The zero-order valence-electron chi connectivity index (χ0n) is 13.2. The molecule has 0 unspecified atom stereocenters. The summed E-state index contributed by atoms with van der Waals surface area (Å²) in [6.45, 7) is 11.1. The molecule has 0 radical (unpaired) electrons. The molecule has 1 atom stereocenters. The van der Waals surface area contributed by atoms with Crippen LogP contribution < -0.4 is 4.74 Å². The number of rotatable bonds is 6. The van der Waals surface area contributed by atoms with Gasteiger partial charge in [0.2, 0.25) is 0 Å². The van der Waals surface area contributed by atoms with Crippen LogP contribution in [0.2, 0.25) is 0 Å². The Kier molecular flexibility index (Phi) is 5.21. The Labute approximate surface area is 128 Å². The van der Waals surface area contributed by atoms with Gasteiger partial charge in [0.05, 0.1) is 0 Å². The van der Waals surface area contributed by atoms with Crippen LogP contribution in [0.15, 0.2) is 61.2 Å². The summed E-state index contributed by atoms with van der Waals surface area (Å²) < 4.78 is 6.19. The second kappa shape index (κ2) is 7.12. The summed E-state index contributed by atoms with van der Waals surface area (Å²) in [7, 11) is 0. The Morgan fingerprint density at radius 1 is 0.952 bits per heavy atom. The summed E-state index contributed by atoms with van der Waals surface area (Å²) in [5.41, 5.74) is 3.66. The predicted molar refractivity (Wildman–Crippen MR) is 89.9 cm³/mol. The standard InChI is InChI=1S/C20H24O/c1-5-16(4)19-13-9-12-18(15(2)3)20(19)21-14-17-10-7-6-8-11-17/h5-13,15-16H,1,14H2,2-4H3/t16-/m1/s1. The molecule has 0 bridgehead atoms. The maximum absolute atomic E-state index is 6.19. The minimum atomic E-state index is 0.287. The molecule has 21 heavy (non-hydrogen) atoms. The minimum absolute atomic E-state index is 0.287. The Hall–Kier alpha value is -2.02. The largest absolute Gasteiger partial charge is 0.488 e. The molecule has 0 aromatic heterocycles. The molecule has 2 aromatic rings. The van der Waals surface area contributed by atoms with Crippen molar-refractivity contribution >= 4 is 0 Å². The lowest BCUT2D eigenvalue weighted by Gasteiger charge is -2.20. The Morgan fingerprint density at radius 3 is 2.24 bits per heavy atom. The van der Waals surface area contributed by atoms with Crippen LogP contribution in [0.3, 0.4) is 0 Å². The maximum atomic E-state index is 6.19. The van der Waals surface area contributed by atoms with Crippen LogP contribution in [0.5, 0.6) is 5.75 Å². The molecule has 0 aliphatic heterocycles. The lowest BCUT2D eigenvalue weighted by Crippen LogP contribution is -2.04. The number of ether oxygens (including phenoxy) is 1. The summed E-state index contributed by atoms with van der Waals surface area (Å²) in [4.78, 5) is 0. The third-order valence-corrected chi connectivity index (χ3v) is 3.77. The Bertz CT molecular complexity index is 584. The predicted octanol–water partition coefficient (Wildman–Crippen LogP) is 5.68. The van der Waals surface area contributed by atoms with E-state index in [-0.39, 0.29) is 5.92 Å². The van der Waals surface area contributed by atoms with Crippen LogP contribution in [0.1, 0.15) is 49.3 Å². The van der Waals surface area contributed by atoms with Crippen molar-refractivity contribution in [2.24, 2.45) is 0 Å². The molecule has 110 valence electrons. The fourth-order valence-electron chi connectivity index (χ4n) is 2.41. The first-order chi connectivity index (χ1) is 10.1. The molecule has 1 heteroatoms. The number of para-hydroxylation sites is 1. The number of allylic oxidation sites excluding steroid dienone is 1. The van der Waals surface area contributed by atoms with E-state index in [2.05, 4.69) is 57.7 Å². The fraction of sp³-hybridized carbons (Fsp3) is 0.300. The first-order valence-electron chi connectivity index (χ1n) is 7.55. The SMILES string of the molecule is C=C[C@@H](C)c1cccc(C(C)C)c1OCc1ccccc1. The lowest BCUT2D eigenvalue weighted by molar-refractivity contribution is 0.298. The monoisotopic (exact) mass is 280 g/mol. The van der Waals surface area contributed by atoms with Crippen molar-refractivity contribution in [1.29, 1.82) is 0 Å². The Balaban J connectivity index is 2.32. The first kappa shape index (κ1) is 15.4. The third kappa shape index (κ3) is 3.75. The summed E-state index contributed by atoms with van der Waals surface area (Å²) in [6.07, 6.45) is 1.97. The molecule has 1 nitrogen and oxygen atoms in total. The number of hydrogen-bond donors (Lipinski definition) is 0. The van der Waals surface area contributed by atoms with Crippen LogP contribution in [-0.2, 0) is 6.61 Å². The summed E-state index contributed by atoms with van der Waals surface area (Å²) in [6, 6.07) is 16.7. The van der Waals surface area contributed by atoms with E-state index in [1.807, 2.05) is 24.3 Å². The third-order valence-electron chi connectivity index (χ3n) is 3.77. The maximum Gasteiger partial charge on any atom is 0.127 e. The van der Waals surface area contributed by atoms with Gasteiger partial charge in [-0.05, 0) is 17.0 Å². The zero-order chi connectivity index (χ0) is 15.2. The average Bonchev–Trinajstić information content (AvgIpc) is 2.52. The summed E-state index contributed by atoms with van der Waals surface area (Å²) in [5, 5.41) is 0. The highest BCUT2D eigenvalue weighted by atomic mass is 16.5. The minimum Gasteiger partial charge on any atom is -0.488 e. The highest BCUT2D eigenvalue weighted by Crippen LogP contribution is 2.35. The molecule has 2 rings (SSSR count). The molecule has 0 fully saturated rings. The number of hydrogen-bond acceptors (Lipinski definition) is 1. The molecule has 0 heterocycles. The van der Waals surface area contributed by atoms with E-state index in [1.54, 1.807) is 0 Å². The van der Waals surface area contributed by atoms with Gasteiger partial charge in [0.1, 0.15) is 12.4 Å². The van der Waals surface area contributed by atoms with E-state index >= 15 is 0 Å². The van der Waals surface area contributed by atoms with Gasteiger partial charge in [-0.3, -0.25) is 0 Å². The van der Waals surface area contributed by atoms with Gasteiger partial charge in [-0.1, -0.05) is 75.4 Å². The molecule has 0 saturated heterocycles. The van der Waals surface area contributed by atoms with Gasteiger partial charge in [0, 0.05) is 11.5 Å². The molecule has 0 N–H and O–H groups in total. The summed E-state index contributed by atoms with van der Waals surface area (Å²) >= 11 is 0. The van der Waals surface area contributed by atoms with E-state index in [9.17, 15) is 0 Å². The Morgan fingerprint density at radius 2 is 1.62 bits per heavy atom. The second-order valence-corrected chi connectivity index (χ2v) is 5.72. The quantitative estimate of drug-likeness (QED) is 0.619. The van der Waals surface area contributed by atoms with Crippen LogP contribution in [0, 0.1) is 0 Å². The highest BCUT2D eigenvalue weighted by Gasteiger charge is 2.15. The van der Waals surface area contributed by atoms with Crippen molar-refractivity contribution in [2.75, 3.05) is 0 Å². The average molecular weight is 280 g/mol. The molecule has 0 amide bonds. The molecule has 2 aromatic carbocycles. The van der Waals surface area contributed by atoms with Crippen LogP contribution >= 0.6 is 0 Å². The van der Waals surface area contributed by atoms with Crippen molar-refractivity contribution in [3.8, 4) is 5.75 Å². The van der Waals surface area contributed by atoms with Gasteiger partial charge in [0.25, 0.3) is 0 Å². The highest BCUT2D eigenvalue weighted by molar-refractivity contribution is 5.46. The van der Waals surface area contributed by atoms with Gasteiger partial charge in [-0.25, -0.2) is 0 Å². The van der Waals surface area contributed by atoms with E-state index < -0.39 is 0 Å². The van der Waals surface area contributed by atoms with E-state index in [0.717, 1.165) is 5.75 Å². The molecule has 0 aliphatic carbocycles. The van der Waals surface area contributed by atoms with Gasteiger partial charge in [-0.15, -0.1) is 6.58 Å². The molecule has 0 saturated carbocycles. The van der Waals surface area contributed by atoms with E-state index in [0.29, 0.717) is 12.5 Å². The first-order valence-corrected chi connectivity index (χ1v) is 7.55. The van der Waals surface area contributed by atoms with Crippen LogP contribution in [-0.4, -0.2) is 0 Å². The van der Waals surface area contributed by atoms with Crippen molar-refractivity contribution in [3.05, 3.63) is 77.9 Å². The topological polar surface area (TPSA) is 9.23 Å². The van der Waals surface area contributed by atoms with Crippen LogP contribution in [0.25, 0.3) is 0 Å². The van der Waals surface area contributed by atoms with Crippen molar-refractivity contribution in [2.45, 2.75) is 39.2 Å². The van der Waals surface area contributed by atoms with E-state index in [4.69, 9.17) is 4.74 Å². The zero-order valence-corrected chi connectivity index (χ0v) is 13.2. The summed E-state index contributed by atoms with van der Waals surface area (Å²) in [5.74, 6) is 1.74. The van der Waals surface area contributed by atoms with Gasteiger partial charge in [0.15, 0.2) is 0 Å². The molecule has 0 aliphatic rings. The van der Waals surface area contributed by atoms with Crippen LogP contribution in [0.4, 0.5) is 0 Å². The van der Waals surface area contributed by atoms with E-state index in [1.165, 1.54) is 16.7 Å². The van der Waals surface area contributed by atoms with Crippen molar-refractivity contribution < 1.29 is 4.74 Å². The van der Waals surface area contributed by atoms with Crippen molar-refractivity contribution in [3.63, 3.8) is 0 Å². The van der Waals surface area contributed by atoms with Gasteiger partial charge >= 0.3 is 0 Å². The normalized spacial score (nSPS) is 12.2. The fourth-order valence-corrected chi connectivity index (χ4v) is 2.41. The van der Waals surface area contributed by atoms with Gasteiger partial charge < -0.3 is 4.74 Å². The molecule has 0 spiro atoms. The lowest BCUT2D eigenvalue weighted by atomic mass is 9.93. The molecular formula is C20H24O. The molecular weight excluding hydrogens is 256 g/mol. The van der Waals surface area contributed by atoms with Crippen molar-refractivity contribution in [1.82, 2.24) is 0 Å². The second-order valence-electron chi connectivity index (χ2n) is 5.72.